The van der Waals surface area contributed by atoms with Crippen molar-refractivity contribution < 1.29 is 14.5 Å². The number of unbranched alkanes of at least 4 members (excludes halogenated alkanes) is 15. The molecule has 0 N–H and O–H groups in total. The van der Waals surface area contributed by atoms with E-state index in [4.69, 9.17) is 14.5 Å². The summed E-state index contributed by atoms with van der Waals surface area (Å²) < 4.78 is 5.12. The molecule has 0 radical (unpaired) electrons. The average Bonchev–Trinajstić information content (AvgIpc) is 2.60. The normalized spacial score (nSPS) is 12.0. The minimum Gasteiger partial charge on any atom is -0.351 e. The molecular weight excluding hydrogens is 312 g/mol. The lowest BCUT2D eigenvalue weighted by atomic mass is 10.0. The first-order valence-electron chi connectivity index (χ1n) is 11.0. The van der Waals surface area contributed by atoms with Gasteiger partial charge >= 0.3 is 0 Å². The van der Waals surface area contributed by atoms with Crippen LogP contribution < -0.4 is 0 Å². The molecule has 152 valence electrons. The molecule has 0 aromatic rings. The van der Waals surface area contributed by atoms with Crippen LogP contribution in [0.4, 0.5) is 0 Å². The first-order chi connectivity index (χ1) is 12.1. The van der Waals surface area contributed by atoms with Crippen molar-refractivity contribution >= 4 is 0 Å². The van der Waals surface area contributed by atoms with Crippen LogP contribution >= 0.6 is 0 Å². The predicted octanol–water partition coefficient (Wildman–Crippen LogP) is 7.58. The zero-order valence-corrected chi connectivity index (χ0v) is 17.7. The molecule has 3 nitrogen and oxygen atoms in total. The quantitative estimate of drug-likeness (QED) is 0.0971. The van der Waals surface area contributed by atoms with E-state index >= 15 is 0 Å². The second-order valence-corrected chi connectivity index (χ2v) is 7.81. The largest absolute Gasteiger partial charge is 0.351 e. The SMILES string of the molecule is CCCCCCCCCCCCCCCCCCOOC(C)(C)OC. The standard InChI is InChI=1S/C22H46O3/c1-5-6-7-8-9-10-11-12-13-14-15-16-17-18-19-20-21-24-25-22(2,3)23-4/h5-21H2,1-4H3. The highest BCUT2D eigenvalue weighted by Crippen LogP contribution is 2.14. The van der Waals surface area contributed by atoms with E-state index in [9.17, 15) is 0 Å². The van der Waals surface area contributed by atoms with Gasteiger partial charge in [0, 0.05) is 7.11 Å². The number of methoxy groups -OCH3 is 1. The number of rotatable bonds is 20. The molecule has 3 heteroatoms. The van der Waals surface area contributed by atoms with Crippen molar-refractivity contribution in [3.63, 3.8) is 0 Å². The van der Waals surface area contributed by atoms with Crippen molar-refractivity contribution in [2.75, 3.05) is 13.7 Å². The highest BCUT2D eigenvalue weighted by Gasteiger charge is 2.17. The summed E-state index contributed by atoms with van der Waals surface area (Å²) in [7, 11) is 1.62. The van der Waals surface area contributed by atoms with Gasteiger partial charge in [0.25, 0.3) is 0 Å². The highest BCUT2D eigenvalue weighted by molar-refractivity contribution is 4.50. The van der Waals surface area contributed by atoms with Crippen molar-refractivity contribution in [3.8, 4) is 0 Å². The van der Waals surface area contributed by atoms with E-state index < -0.39 is 5.79 Å². The van der Waals surface area contributed by atoms with Gasteiger partial charge in [0.1, 0.15) is 0 Å². The number of hydrogen-bond acceptors (Lipinski definition) is 3. The van der Waals surface area contributed by atoms with Crippen LogP contribution in [0, 0.1) is 0 Å². The van der Waals surface area contributed by atoms with Crippen LogP contribution in [0.3, 0.4) is 0 Å². The van der Waals surface area contributed by atoms with Crippen molar-refractivity contribution in [2.24, 2.45) is 0 Å². The molecule has 25 heavy (non-hydrogen) atoms. The molecule has 0 heterocycles. The van der Waals surface area contributed by atoms with Crippen molar-refractivity contribution in [1.29, 1.82) is 0 Å². The third kappa shape index (κ3) is 20.0. The van der Waals surface area contributed by atoms with Gasteiger partial charge in [0.15, 0.2) is 5.79 Å². The zero-order valence-electron chi connectivity index (χ0n) is 17.7. The summed E-state index contributed by atoms with van der Waals surface area (Å²) in [5, 5.41) is 0. The summed E-state index contributed by atoms with van der Waals surface area (Å²) in [6.07, 6.45) is 22.1. The molecule has 0 saturated heterocycles. The van der Waals surface area contributed by atoms with Crippen LogP contribution in [-0.2, 0) is 14.5 Å². The fraction of sp³-hybridized carbons (Fsp3) is 1.00. The Morgan fingerprint density at radius 1 is 0.560 bits per heavy atom. The zero-order chi connectivity index (χ0) is 18.6. The molecule has 0 aliphatic carbocycles. The van der Waals surface area contributed by atoms with E-state index in [1.165, 1.54) is 96.3 Å². The molecule has 0 atom stereocenters. The summed E-state index contributed by atoms with van der Waals surface area (Å²) in [6, 6.07) is 0. The molecule has 0 aliphatic rings. The maximum Gasteiger partial charge on any atom is 0.195 e. The van der Waals surface area contributed by atoms with Gasteiger partial charge in [-0.2, -0.15) is 0 Å². The van der Waals surface area contributed by atoms with Crippen LogP contribution in [0.5, 0.6) is 0 Å². The summed E-state index contributed by atoms with van der Waals surface area (Å²) in [6.45, 7) is 6.64. The third-order valence-electron chi connectivity index (χ3n) is 4.83. The molecular formula is C22H46O3. The van der Waals surface area contributed by atoms with Crippen LogP contribution in [0.1, 0.15) is 124 Å². The van der Waals surface area contributed by atoms with Gasteiger partial charge in [-0.1, -0.05) is 103 Å². The van der Waals surface area contributed by atoms with Gasteiger partial charge < -0.3 is 4.74 Å². The van der Waals surface area contributed by atoms with Crippen LogP contribution in [0.2, 0.25) is 0 Å². The Balaban J connectivity index is 3.05. The molecule has 0 aromatic heterocycles. The van der Waals surface area contributed by atoms with E-state index in [1.807, 2.05) is 13.8 Å². The van der Waals surface area contributed by atoms with E-state index in [0.29, 0.717) is 6.61 Å². The Bertz CT molecular complexity index is 254. The van der Waals surface area contributed by atoms with Gasteiger partial charge in [0.05, 0.1) is 6.61 Å². The van der Waals surface area contributed by atoms with E-state index in [2.05, 4.69) is 6.92 Å². The van der Waals surface area contributed by atoms with Gasteiger partial charge in [0.2, 0.25) is 0 Å². The van der Waals surface area contributed by atoms with E-state index in [0.717, 1.165) is 6.42 Å². The Kier molecular flexibility index (Phi) is 18.6. The number of hydrogen-bond donors (Lipinski definition) is 0. The highest BCUT2D eigenvalue weighted by atomic mass is 17.2. The summed E-state index contributed by atoms with van der Waals surface area (Å²) in [5.74, 6) is -0.644. The monoisotopic (exact) mass is 358 g/mol. The second-order valence-electron chi connectivity index (χ2n) is 7.81. The maximum absolute atomic E-state index is 5.18. The summed E-state index contributed by atoms with van der Waals surface area (Å²) >= 11 is 0. The van der Waals surface area contributed by atoms with Crippen molar-refractivity contribution in [2.45, 2.75) is 129 Å². The Labute approximate surface area is 158 Å². The molecule has 0 amide bonds. The van der Waals surface area contributed by atoms with E-state index in [1.54, 1.807) is 7.11 Å². The maximum atomic E-state index is 5.18. The lowest BCUT2D eigenvalue weighted by molar-refractivity contribution is -0.413. The smallest absolute Gasteiger partial charge is 0.195 e. The fourth-order valence-electron chi connectivity index (χ4n) is 2.93. The molecule has 0 rings (SSSR count). The lowest BCUT2D eigenvalue weighted by Crippen LogP contribution is -2.26. The molecule has 0 aromatic carbocycles. The van der Waals surface area contributed by atoms with Gasteiger partial charge in [-0.25, -0.2) is 9.78 Å². The first-order valence-corrected chi connectivity index (χ1v) is 11.0. The fourth-order valence-corrected chi connectivity index (χ4v) is 2.93. The van der Waals surface area contributed by atoms with Gasteiger partial charge in [-0.3, -0.25) is 0 Å². The minimum atomic E-state index is -0.644. The summed E-state index contributed by atoms with van der Waals surface area (Å²) in [4.78, 5) is 10.4. The average molecular weight is 359 g/mol. The first kappa shape index (κ1) is 24.9. The van der Waals surface area contributed by atoms with Crippen molar-refractivity contribution in [3.05, 3.63) is 0 Å². The number of ether oxygens (including phenoxy) is 1. The Morgan fingerprint density at radius 3 is 1.28 bits per heavy atom. The van der Waals surface area contributed by atoms with Crippen molar-refractivity contribution in [1.82, 2.24) is 0 Å². The van der Waals surface area contributed by atoms with Gasteiger partial charge in [-0.15, -0.1) is 0 Å². The van der Waals surface area contributed by atoms with Crippen LogP contribution in [0.25, 0.3) is 0 Å². The second kappa shape index (κ2) is 18.7. The predicted molar refractivity (Wildman–Crippen MR) is 108 cm³/mol. The summed E-state index contributed by atoms with van der Waals surface area (Å²) in [5.41, 5.74) is 0. The van der Waals surface area contributed by atoms with Crippen LogP contribution in [-0.4, -0.2) is 19.5 Å². The minimum absolute atomic E-state index is 0.644. The molecule has 0 saturated carbocycles. The van der Waals surface area contributed by atoms with Gasteiger partial charge in [-0.05, 0) is 20.3 Å². The third-order valence-corrected chi connectivity index (χ3v) is 4.83. The topological polar surface area (TPSA) is 27.7 Å². The molecule has 0 unspecified atom stereocenters. The Morgan fingerprint density at radius 2 is 0.920 bits per heavy atom. The lowest BCUT2D eigenvalue weighted by Gasteiger charge is -2.21. The Hall–Kier alpha value is -0.120. The van der Waals surface area contributed by atoms with E-state index in [-0.39, 0.29) is 0 Å². The molecule has 0 spiro atoms. The molecule has 0 fully saturated rings. The van der Waals surface area contributed by atoms with Crippen LogP contribution in [0.15, 0.2) is 0 Å². The molecule has 0 aliphatic heterocycles. The molecule has 0 bridgehead atoms.